The van der Waals surface area contributed by atoms with Crippen LogP contribution in [0.4, 0.5) is 0 Å². The molecule has 2 N–H and O–H groups in total. The van der Waals surface area contributed by atoms with Crippen molar-refractivity contribution >= 4 is 17.6 Å². The predicted molar refractivity (Wildman–Crippen MR) is 90.0 cm³/mol. The normalized spacial score (nSPS) is 32.3. The molecular formula is C17H30ClN3. The molecule has 0 bridgehead atoms. The van der Waals surface area contributed by atoms with Gasteiger partial charge in [-0.3, -0.25) is 4.99 Å². The van der Waals surface area contributed by atoms with E-state index in [2.05, 4.69) is 15.6 Å². The van der Waals surface area contributed by atoms with E-state index in [0.29, 0.717) is 11.4 Å². The first-order valence-electron chi connectivity index (χ1n) is 9.00. The van der Waals surface area contributed by atoms with Crippen molar-refractivity contribution in [1.29, 1.82) is 0 Å². The average Bonchev–Trinajstić information content (AvgIpc) is 3.01. The van der Waals surface area contributed by atoms with Gasteiger partial charge >= 0.3 is 0 Å². The zero-order chi connectivity index (χ0) is 14.5. The molecule has 0 aromatic heterocycles. The summed E-state index contributed by atoms with van der Waals surface area (Å²) in [5.74, 6) is 2.68. The van der Waals surface area contributed by atoms with Crippen LogP contribution < -0.4 is 10.6 Å². The molecule has 0 aromatic carbocycles. The van der Waals surface area contributed by atoms with Gasteiger partial charge in [-0.05, 0) is 37.5 Å². The van der Waals surface area contributed by atoms with Crippen molar-refractivity contribution in [2.24, 2.45) is 16.8 Å². The Morgan fingerprint density at radius 1 is 1.14 bits per heavy atom. The highest BCUT2D eigenvalue weighted by atomic mass is 35.5. The SMILES string of the molecule is ClC1CCCC(C(CC2CCCCC2)NC2=NCCN2)C1. The molecule has 3 aliphatic rings. The first-order valence-corrected chi connectivity index (χ1v) is 9.44. The smallest absolute Gasteiger partial charge is 0.191 e. The molecule has 0 saturated heterocycles. The van der Waals surface area contributed by atoms with E-state index in [-0.39, 0.29) is 0 Å². The van der Waals surface area contributed by atoms with Crippen LogP contribution >= 0.6 is 11.6 Å². The van der Waals surface area contributed by atoms with E-state index < -0.39 is 0 Å². The Balaban J connectivity index is 1.60. The number of halogens is 1. The molecule has 2 saturated carbocycles. The van der Waals surface area contributed by atoms with Gasteiger partial charge in [0, 0.05) is 18.0 Å². The van der Waals surface area contributed by atoms with Crippen LogP contribution in [0.1, 0.15) is 64.2 Å². The Morgan fingerprint density at radius 3 is 2.71 bits per heavy atom. The maximum Gasteiger partial charge on any atom is 0.191 e. The van der Waals surface area contributed by atoms with Crippen molar-refractivity contribution in [3.05, 3.63) is 0 Å². The second-order valence-electron chi connectivity index (χ2n) is 7.17. The van der Waals surface area contributed by atoms with Crippen LogP contribution in [0.3, 0.4) is 0 Å². The summed E-state index contributed by atoms with van der Waals surface area (Å²) in [6, 6.07) is 0.569. The standard InChI is InChI=1S/C17H30ClN3/c18-15-8-4-7-14(12-15)16(21-17-19-9-10-20-17)11-13-5-2-1-3-6-13/h13-16H,1-12H2,(H2,19,20,21). The molecule has 2 fully saturated rings. The van der Waals surface area contributed by atoms with E-state index in [0.717, 1.165) is 30.9 Å². The van der Waals surface area contributed by atoms with Crippen molar-refractivity contribution in [2.45, 2.75) is 75.6 Å². The molecule has 0 spiro atoms. The Kier molecular flexibility index (Phi) is 5.68. The fourth-order valence-corrected chi connectivity index (χ4v) is 4.74. The van der Waals surface area contributed by atoms with Gasteiger partial charge in [0.15, 0.2) is 5.96 Å². The lowest BCUT2D eigenvalue weighted by Crippen LogP contribution is -2.47. The molecule has 3 atom stereocenters. The molecular weight excluding hydrogens is 282 g/mol. The number of hydrogen-bond donors (Lipinski definition) is 2. The largest absolute Gasteiger partial charge is 0.355 e. The van der Waals surface area contributed by atoms with Gasteiger partial charge in [0.05, 0.1) is 6.54 Å². The van der Waals surface area contributed by atoms with Crippen molar-refractivity contribution in [1.82, 2.24) is 10.6 Å². The Morgan fingerprint density at radius 2 is 2.00 bits per heavy atom. The van der Waals surface area contributed by atoms with Crippen LogP contribution in [-0.2, 0) is 0 Å². The van der Waals surface area contributed by atoms with Gasteiger partial charge in [0.1, 0.15) is 0 Å². The minimum absolute atomic E-state index is 0.387. The van der Waals surface area contributed by atoms with Crippen molar-refractivity contribution < 1.29 is 0 Å². The average molecular weight is 312 g/mol. The predicted octanol–water partition coefficient (Wildman–Crippen LogP) is 3.67. The van der Waals surface area contributed by atoms with Gasteiger partial charge in [0.25, 0.3) is 0 Å². The molecule has 3 rings (SSSR count). The summed E-state index contributed by atoms with van der Waals surface area (Å²) in [7, 11) is 0. The molecule has 1 aliphatic heterocycles. The molecule has 1 heterocycles. The number of aliphatic imine (C=N–C) groups is 1. The molecule has 3 unspecified atom stereocenters. The number of nitrogens with zero attached hydrogens (tertiary/aromatic N) is 1. The fourth-order valence-electron chi connectivity index (χ4n) is 4.35. The third-order valence-electron chi connectivity index (χ3n) is 5.53. The molecule has 0 radical (unpaired) electrons. The van der Waals surface area contributed by atoms with E-state index in [9.17, 15) is 0 Å². The van der Waals surface area contributed by atoms with Gasteiger partial charge in [-0.1, -0.05) is 38.5 Å². The van der Waals surface area contributed by atoms with Crippen molar-refractivity contribution in [3.63, 3.8) is 0 Å². The monoisotopic (exact) mass is 311 g/mol. The Hall–Kier alpha value is -0.440. The maximum atomic E-state index is 6.44. The number of nitrogens with one attached hydrogen (secondary N) is 2. The summed E-state index contributed by atoms with van der Waals surface area (Å²) in [5.41, 5.74) is 0. The van der Waals surface area contributed by atoms with E-state index in [1.165, 1.54) is 64.2 Å². The lowest BCUT2D eigenvalue weighted by molar-refractivity contribution is 0.229. The molecule has 4 heteroatoms. The van der Waals surface area contributed by atoms with Crippen molar-refractivity contribution in [3.8, 4) is 0 Å². The minimum Gasteiger partial charge on any atom is -0.355 e. The summed E-state index contributed by atoms with van der Waals surface area (Å²) < 4.78 is 0. The molecule has 0 aromatic rings. The molecule has 3 nitrogen and oxygen atoms in total. The van der Waals surface area contributed by atoms with Crippen LogP contribution in [0.25, 0.3) is 0 Å². The summed E-state index contributed by atoms with van der Waals surface area (Å²) in [5, 5.41) is 7.50. The van der Waals surface area contributed by atoms with Gasteiger partial charge in [-0.2, -0.15) is 0 Å². The number of rotatable bonds is 4. The fraction of sp³-hybridized carbons (Fsp3) is 0.941. The first-order chi connectivity index (χ1) is 10.3. The van der Waals surface area contributed by atoms with Gasteiger partial charge in [-0.25, -0.2) is 0 Å². The summed E-state index contributed by atoms with van der Waals surface area (Å²) >= 11 is 6.44. The van der Waals surface area contributed by atoms with Gasteiger partial charge < -0.3 is 10.6 Å². The van der Waals surface area contributed by atoms with Crippen LogP contribution in [-0.4, -0.2) is 30.5 Å². The Bertz CT molecular complexity index is 352. The number of alkyl halides is 1. The molecule has 120 valence electrons. The van der Waals surface area contributed by atoms with Gasteiger partial charge in [-0.15, -0.1) is 11.6 Å². The quantitative estimate of drug-likeness (QED) is 0.777. The van der Waals surface area contributed by atoms with Crippen molar-refractivity contribution in [2.75, 3.05) is 13.1 Å². The summed E-state index contributed by atoms with van der Waals surface area (Å²) in [6.07, 6.45) is 13.5. The third kappa shape index (κ3) is 4.51. The molecule has 2 aliphatic carbocycles. The van der Waals surface area contributed by atoms with E-state index in [4.69, 9.17) is 11.6 Å². The van der Waals surface area contributed by atoms with Gasteiger partial charge in [0.2, 0.25) is 0 Å². The number of guanidine groups is 1. The second kappa shape index (κ2) is 7.71. The van der Waals surface area contributed by atoms with E-state index >= 15 is 0 Å². The molecule has 0 amide bonds. The highest BCUT2D eigenvalue weighted by Gasteiger charge is 2.30. The zero-order valence-corrected chi connectivity index (χ0v) is 13.9. The lowest BCUT2D eigenvalue weighted by Gasteiger charge is -2.36. The number of hydrogen-bond acceptors (Lipinski definition) is 3. The topological polar surface area (TPSA) is 36.4 Å². The van der Waals surface area contributed by atoms with E-state index in [1.54, 1.807) is 0 Å². The second-order valence-corrected chi connectivity index (χ2v) is 7.79. The maximum absolute atomic E-state index is 6.44. The summed E-state index contributed by atoms with van der Waals surface area (Å²) in [4.78, 5) is 4.54. The van der Waals surface area contributed by atoms with Crippen LogP contribution in [0.5, 0.6) is 0 Å². The van der Waals surface area contributed by atoms with E-state index in [1.807, 2.05) is 0 Å². The lowest BCUT2D eigenvalue weighted by atomic mass is 9.77. The summed E-state index contributed by atoms with van der Waals surface area (Å²) in [6.45, 7) is 1.91. The van der Waals surface area contributed by atoms with Crippen LogP contribution in [0.2, 0.25) is 0 Å². The minimum atomic E-state index is 0.387. The Labute approximate surface area is 134 Å². The highest BCUT2D eigenvalue weighted by molar-refractivity contribution is 6.20. The zero-order valence-electron chi connectivity index (χ0n) is 13.1. The highest BCUT2D eigenvalue weighted by Crippen LogP contribution is 2.35. The molecule has 21 heavy (non-hydrogen) atoms. The third-order valence-corrected chi connectivity index (χ3v) is 5.92. The first kappa shape index (κ1) is 15.5. The van der Waals surface area contributed by atoms with Crippen LogP contribution in [0, 0.1) is 11.8 Å². The van der Waals surface area contributed by atoms with Crippen LogP contribution in [0.15, 0.2) is 4.99 Å².